The van der Waals surface area contributed by atoms with Crippen molar-refractivity contribution in [3.8, 4) is 0 Å². The van der Waals surface area contributed by atoms with Crippen LogP contribution in [-0.2, 0) is 14.3 Å². The summed E-state index contributed by atoms with van der Waals surface area (Å²) in [5, 5.41) is 13.8. The van der Waals surface area contributed by atoms with E-state index in [-0.39, 0.29) is 5.57 Å². The van der Waals surface area contributed by atoms with Gasteiger partial charge in [-0.2, -0.15) is 0 Å². The average molecular weight is 462 g/mol. The summed E-state index contributed by atoms with van der Waals surface area (Å²) in [7, 11) is 0. The molecule has 2 saturated heterocycles. The van der Waals surface area contributed by atoms with Gasteiger partial charge in [-0.05, 0) is 30.7 Å². The van der Waals surface area contributed by atoms with Crippen molar-refractivity contribution in [2.75, 3.05) is 39.4 Å². The number of nitrogens with one attached hydrogen (secondary N) is 1. The van der Waals surface area contributed by atoms with Crippen molar-refractivity contribution in [3.63, 3.8) is 0 Å². The van der Waals surface area contributed by atoms with Gasteiger partial charge >= 0.3 is 0 Å². The van der Waals surface area contributed by atoms with E-state index < -0.39 is 23.5 Å². The number of amides is 1. The number of rotatable bonds is 6. The summed E-state index contributed by atoms with van der Waals surface area (Å²) in [6.45, 7) is 6.34. The molecule has 2 aliphatic rings. The van der Waals surface area contributed by atoms with E-state index in [9.17, 15) is 14.7 Å². The third-order valence-corrected chi connectivity index (χ3v) is 6.58. The lowest BCUT2D eigenvalue weighted by Gasteiger charge is -2.28. The Morgan fingerprint density at radius 1 is 1.21 bits per heavy atom. The molecule has 2 fully saturated rings. The summed E-state index contributed by atoms with van der Waals surface area (Å²) in [6, 6.07) is 8.22. The van der Waals surface area contributed by atoms with E-state index >= 15 is 0 Å². The molecule has 9 nitrogen and oxygen atoms in total. The highest BCUT2D eigenvalue weighted by Gasteiger charge is 2.44. The molecule has 0 aliphatic carbocycles. The monoisotopic (exact) mass is 461 g/mol. The Hall–Kier alpha value is -3.56. The number of likely N-dealkylation sites (tertiary alicyclic amines) is 1. The SMILES string of the molecule is Cc1nc2ccccn2c1C([O-])=C1C(=O)C(=O)N(CCC[NH+]2CCOCC2)C1c1cccnc1. The molecule has 1 amide bonds. The van der Waals surface area contributed by atoms with Crippen LogP contribution in [0.15, 0.2) is 54.5 Å². The number of nitrogens with zero attached hydrogens (tertiary/aromatic N) is 4. The van der Waals surface area contributed by atoms with Crippen LogP contribution in [0.1, 0.15) is 29.4 Å². The molecule has 9 heteroatoms. The van der Waals surface area contributed by atoms with Crippen molar-refractivity contribution in [1.29, 1.82) is 0 Å². The minimum atomic E-state index is -0.769. The highest BCUT2D eigenvalue weighted by Crippen LogP contribution is 2.38. The van der Waals surface area contributed by atoms with Gasteiger partial charge in [0.05, 0.1) is 37.2 Å². The molecule has 5 rings (SSSR count). The first-order valence-electron chi connectivity index (χ1n) is 11.6. The van der Waals surface area contributed by atoms with E-state index in [1.165, 1.54) is 9.80 Å². The quantitative estimate of drug-likeness (QED) is 0.303. The Kier molecular flexibility index (Phi) is 6.12. The minimum absolute atomic E-state index is 0.0366. The Labute approximate surface area is 197 Å². The number of hydrogen-bond acceptors (Lipinski definition) is 6. The Bertz CT molecular complexity index is 1250. The number of hydrogen-bond donors (Lipinski definition) is 1. The second-order valence-electron chi connectivity index (χ2n) is 8.70. The average Bonchev–Trinajstić information content (AvgIpc) is 3.33. The van der Waals surface area contributed by atoms with Crippen molar-refractivity contribution in [1.82, 2.24) is 19.3 Å². The van der Waals surface area contributed by atoms with E-state index in [1.54, 1.807) is 54.2 Å². The molecular weight excluding hydrogens is 434 g/mol. The highest BCUT2D eigenvalue weighted by molar-refractivity contribution is 6.46. The van der Waals surface area contributed by atoms with Crippen LogP contribution in [0.5, 0.6) is 0 Å². The van der Waals surface area contributed by atoms with Gasteiger partial charge in [0.1, 0.15) is 18.7 Å². The second kappa shape index (κ2) is 9.36. The third kappa shape index (κ3) is 3.97. The number of ketones is 1. The second-order valence-corrected chi connectivity index (χ2v) is 8.70. The lowest BCUT2D eigenvalue weighted by molar-refractivity contribution is -0.908. The first-order valence-corrected chi connectivity index (χ1v) is 11.6. The molecule has 1 unspecified atom stereocenters. The number of fused-ring (bicyclic) bond motifs is 1. The predicted molar refractivity (Wildman–Crippen MR) is 122 cm³/mol. The summed E-state index contributed by atoms with van der Waals surface area (Å²) >= 11 is 0. The molecule has 0 radical (unpaired) electrons. The number of aromatic nitrogens is 3. The van der Waals surface area contributed by atoms with E-state index in [4.69, 9.17) is 4.74 Å². The van der Waals surface area contributed by atoms with Crippen molar-refractivity contribution in [2.45, 2.75) is 19.4 Å². The van der Waals surface area contributed by atoms with Crippen molar-refractivity contribution < 1.29 is 24.3 Å². The minimum Gasteiger partial charge on any atom is -0.871 e. The number of quaternary nitrogens is 1. The molecule has 0 saturated carbocycles. The first-order chi connectivity index (χ1) is 16.6. The molecule has 176 valence electrons. The van der Waals surface area contributed by atoms with E-state index in [2.05, 4.69) is 9.97 Å². The van der Waals surface area contributed by atoms with Crippen LogP contribution in [0.2, 0.25) is 0 Å². The maximum Gasteiger partial charge on any atom is 0.295 e. The number of morpholine rings is 1. The number of pyridine rings is 2. The van der Waals surface area contributed by atoms with Crippen molar-refractivity contribution in [2.24, 2.45) is 0 Å². The molecule has 3 aromatic rings. The van der Waals surface area contributed by atoms with Crippen LogP contribution in [-0.4, -0.2) is 70.4 Å². The molecule has 34 heavy (non-hydrogen) atoms. The summed E-state index contributed by atoms with van der Waals surface area (Å²) in [5.74, 6) is -1.85. The van der Waals surface area contributed by atoms with Gasteiger partial charge in [-0.1, -0.05) is 17.9 Å². The fraction of sp³-hybridized carbons (Fsp3) is 0.360. The van der Waals surface area contributed by atoms with Crippen LogP contribution >= 0.6 is 0 Å². The maximum atomic E-state index is 13.8. The summed E-state index contributed by atoms with van der Waals surface area (Å²) in [6.07, 6.45) is 5.71. The maximum absolute atomic E-state index is 13.8. The van der Waals surface area contributed by atoms with Crippen LogP contribution < -0.4 is 10.0 Å². The molecule has 0 aromatic carbocycles. The Balaban J connectivity index is 1.53. The third-order valence-electron chi connectivity index (χ3n) is 6.58. The first kappa shape index (κ1) is 22.2. The van der Waals surface area contributed by atoms with Crippen molar-refractivity contribution in [3.05, 3.63) is 71.4 Å². The zero-order chi connectivity index (χ0) is 23.7. The number of aryl methyl sites for hydroxylation is 1. The van der Waals surface area contributed by atoms with Crippen LogP contribution in [0.4, 0.5) is 0 Å². The van der Waals surface area contributed by atoms with Gasteiger partial charge in [-0.15, -0.1) is 0 Å². The number of imidazole rings is 1. The summed E-state index contributed by atoms with van der Waals surface area (Å²) in [5.41, 5.74) is 2.05. The zero-order valence-electron chi connectivity index (χ0n) is 19.1. The fourth-order valence-electron chi connectivity index (χ4n) is 4.91. The molecule has 0 spiro atoms. The molecule has 1 N–H and O–H groups in total. The van der Waals surface area contributed by atoms with Gasteiger partial charge in [-0.25, -0.2) is 4.98 Å². The van der Waals surface area contributed by atoms with Gasteiger partial charge in [0.25, 0.3) is 5.91 Å². The summed E-state index contributed by atoms with van der Waals surface area (Å²) in [4.78, 5) is 38.0. The van der Waals surface area contributed by atoms with E-state index in [0.29, 0.717) is 29.1 Å². The smallest absolute Gasteiger partial charge is 0.295 e. The van der Waals surface area contributed by atoms with Gasteiger partial charge in [-0.3, -0.25) is 14.6 Å². The Morgan fingerprint density at radius 2 is 2.03 bits per heavy atom. The van der Waals surface area contributed by atoms with Gasteiger partial charge in [0, 0.05) is 37.1 Å². The van der Waals surface area contributed by atoms with Crippen LogP contribution in [0.3, 0.4) is 0 Å². The van der Waals surface area contributed by atoms with Crippen LogP contribution in [0, 0.1) is 6.92 Å². The molecule has 0 bridgehead atoms. The molecule has 3 aromatic heterocycles. The van der Waals surface area contributed by atoms with Gasteiger partial charge in [0.15, 0.2) is 0 Å². The fourth-order valence-corrected chi connectivity index (χ4v) is 4.91. The van der Waals surface area contributed by atoms with Gasteiger partial charge < -0.3 is 24.0 Å². The Morgan fingerprint density at radius 3 is 2.79 bits per heavy atom. The molecule has 2 aliphatic heterocycles. The molecule has 1 atom stereocenters. The van der Waals surface area contributed by atoms with Crippen molar-refractivity contribution >= 4 is 23.1 Å². The zero-order valence-corrected chi connectivity index (χ0v) is 19.1. The van der Waals surface area contributed by atoms with E-state index in [1.807, 2.05) is 6.07 Å². The van der Waals surface area contributed by atoms with Crippen LogP contribution in [0.25, 0.3) is 11.4 Å². The number of carbonyl (C=O) groups is 2. The number of Topliss-reactive ketones (excluding diaryl/α,β-unsaturated/α-hetero) is 1. The number of carbonyl (C=O) groups excluding carboxylic acids is 2. The normalized spacial score (nSPS) is 21.0. The topological polar surface area (TPSA) is 104 Å². The molecule has 5 heterocycles. The largest absolute Gasteiger partial charge is 0.871 e. The highest BCUT2D eigenvalue weighted by atomic mass is 16.5. The lowest BCUT2D eigenvalue weighted by Crippen LogP contribution is -3.14. The molecular formula is C25H27N5O4. The van der Waals surface area contributed by atoms with E-state index in [0.717, 1.165) is 39.3 Å². The van der Waals surface area contributed by atoms with Gasteiger partial charge in [0.2, 0.25) is 5.78 Å². The summed E-state index contributed by atoms with van der Waals surface area (Å²) < 4.78 is 7.09. The lowest BCUT2D eigenvalue weighted by atomic mass is 9.97. The standard InChI is InChI=1S/C25H27N5O4/c1-17-21(29-10-3-2-7-19(29)27-17)23(31)20-22(18-6-4-8-26-16-18)30(25(33)24(20)32)11-5-9-28-12-14-34-15-13-28/h2-4,6-8,10,16,22,31H,5,9,11-15H2,1H3. The number of ether oxygens (including phenoxy) is 1. The predicted octanol–water partition coefficient (Wildman–Crippen LogP) is -0.433.